The minimum absolute atomic E-state index is 0.0586. The van der Waals surface area contributed by atoms with E-state index in [2.05, 4.69) is 15.5 Å². The highest BCUT2D eigenvalue weighted by atomic mass is 16.5. The summed E-state index contributed by atoms with van der Waals surface area (Å²) in [7, 11) is 1.55. The summed E-state index contributed by atoms with van der Waals surface area (Å²) >= 11 is 0. The maximum absolute atomic E-state index is 12.0. The van der Waals surface area contributed by atoms with Crippen LogP contribution in [0, 0.1) is 0 Å². The fraction of sp³-hybridized carbons (Fsp3) is 0.312. The lowest BCUT2D eigenvalue weighted by Crippen LogP contribution is -2.31. The zero-order chi connectivity index (χ0) is 15.2. The number of carbonyl (C=O) groups excluding carboxylic acids is 1. The minimum Gasteiger partial charge on any atom is -0.480 e. The van der Waals surface area contributed by atoms with E-state index in [1.54, 1.807) is 25.3 Å². The Bertz CT molecular complexity index is 594. The molecule has 2 rings (SSSR count). The molecule has 1 amide bonds. The molecule has 1 atom stereocenters. The van der Waals surface area contributed by atoms with Crippen molar-refractivity contribution in [1.82, 2.24) is 15.5 Å². The molecule has 1 aromatic carbocycles. The van der Waals surface area contributed by atoms with Gasteiger partial charge in [0.25, 0.3) is 5.91 Å². The Morgan fingerprint density at radius 1 is 1.19 bits per heavy atom. The van der Waals surface area contributed by atoms with Crippen molar-refractivity contribution >= 4 is 5.91 Å². The van der Waals surface area contributed by atoms with Crippen LogP contribution < -0.4 is 10.1 Å². The van der Waals surface area contributed by atoms with Gasteiger partial charge in [-0.15, -0.1) is 10.2 Å². The van der Waals surface area contributed by atoms with Crippen LogP contribution in [0.2, 0.25) is 0 Å². The van der Waals surface area contributed by atoms with E-state index in [0.29, 0.717) is 11.4 Å². The normalized spacial score (nSPS) is 11.8. The van der Waals surface area contributed by atoms with Gasteiger partial charge in [0.1, 0.15) is 0 Å². The van der Waals surface area contributed by atoms with Gasteiger partial charge in [-0.3, -0.25) is 4.79 Å². The van der Waals surface area contributed by atoms with Gasteiger partial charge < -0.3 is 10.1 Å². The van der Waals surface area contributed by atoms with E-state index < -0.39 is 0 Å². The van der Waals surface area contributed by atoms with Crippen LogP contribution in [0.3, 0.4) is 0 Å². The van der Waals surface area contributed by atoms with Gasteiger partial charge in [0.05, 0.1) is 12.8 Å². The molecule has 1 aromatic heterocycles. The van der Waals surface area contributed by atoms with E-state index in [-0.39, 0.29) is 11.9 Å². The van der Waals surface area contributed by atoms with Crippen molar-refractivity contribution < 1.29 is 9.53 Å². The number of benzene rings is 1. The quantitative estimate of drug-likeness (QED) is 0.917. The zero-order valence-electron chi connectivity index (χ0n) is 12.5. The average molecular weight is 285 g/mol. The smallest absolute Gasteiger partial charge is 0.251 e. The second-order valence-corrected chi connectivity index (χ2v) is 4.82. The largest absolute Gasteiger partial charge is 0.480 e. The lowest BCUT2D eigenvalue weighted by molar-refractivity contribution is 0.0939. The molecule has 1 heterocycles. The van der Waals surface area contributed by atoms with Crippen molar-refractivity contribution in [2.75, 3.05) is 7.11 Å². The monoisotopic (exact) mass is 285 g/mol. The Hall–Kier alpha value is -2.43. The van der Waals surface area contributed by atoms with Crippen LogP contribution in [0.4, 0.5) is 0 Å². The Morgan fingerprint density at radius 2 is 1.90 bits per heavy atom. The highest BCUT2D eigenvalue weighted by Crippen LogP contribution is 2.18. The highest BCUT2D eigenvalue weighted by molar-refractivity contribution is 5.94. The van der Waals surface area contributed by atoms with Gasteiger partial charge >= 0.3 is 0 Å². The third-order valence-corrected chi connectivity index (χ3v) is 3.28. The number of hydrogen-bond acceptors (Lipinski definition) is 4. The molecule has 5 nitrogen and oxygen atoms in total. The number of nitrogens with zero attached hydrogens (tertiary/aromatic N) is 2. The minimum atomic E-state index is -0.0586. The summed E-state index contributed by atoms with van der Waals surface area (Å²) in [5.41, 5.74) is 2.29. The fourth-order valence-corrected chi connectivity index (χ4v) is 1.78. The molecule has 0 spiro atoms. The number of aromatic nitrogens is 2. The van der Waals surface area contributed by atoms with Crippen LogP contribution in [0.1, 0.15) is 30.6 Å². The molecule has 0 saturated heterocycles. The zero-order valence-corrected chi connectivity index (χ0v) is 12.5. The van der Waals surface area contributed by atoms with Crippen LogP contribution in [0.25, 0.3) is 11.3 Å². The summed E-state index contributed by atoms with van der Waals surface area (Å²) in [5, 5.41) is 10.9. The van der Waals surface area contributed by atoms with Crippen LogP contribution >= 0.6 is 0 Å². The first-order valence-corrected chi connectivity index (χ1v) is 6.93. The first-order chi connectivity index (χ1) is 10.1. The Kier molecular flexibility index (Phi) is 4.87. The van der Waals surface area contributed by atoms with Crippen LogP contribution in [-0.4, -0.2) is 29.3 Å². The standard InChI is InChI=1S/C16H19N3O2/c1-4-11(2)17-16(20)13-7-5-12(6-8-13)14-9-10-15(21-3)19-18-14/h5-11H,4H2,1-3H3,(H,17,20). The first kappa shape index (κ1) is 15.0. The molecule has 0 bridgehead atoms. The molecule has 0 saturated carbocycles. The van der Waals surface area contributed by atoms with Crippen LogP contribution in [0.15, 0.2) is 36.4 Å². The van der Waals surface area contributed by atoms with E-state index in [4.69, 9.17) is 4.74 Å². The van der Waals surface area contributed by atoms with Gasteiger partial charge in [-0.25, -0.2) is 0 Å². The SMILES string of the molecule is CCC(C)NC(=O)c1ccc(-c2ccc(OC)nn2)cc1. The fourth-order valence-electron chi connectivity index (χ4n) is 1.78. The number of carbonyl (C=O) groups is 1. The van der Waals surface area contributed by atoms with Crippen LogP contribution in [0.5, 0.6) is 5.88 Å². The lowest BCUT2D eigenvalue weighted by atomic mass is 10.1. The third-order valence-electron chi connectivity index (χ3n) is 3.28. The number of hydrogen-bond donors (Lipinski definition) is 1. The molecule has 2 aromatic rings. The number of nitrogens with one attached hydrogen (secondary N) is 1. The number of methoxy groups -OCH3 is 1. The second-order valence-electron chi connectivity index (χ2n) is 4.82. The van der Waals surface area contributed by atoms with Crippen molar-refractivity contribution in [2.45, 2.75) is 26.3 Å². The summed E-state index contributed by atoms with van der Waals surface area (Å²) in [6.45, 7) is 4.02. The van der Waals surface area contributed by atoms with Crippen molar-refractivity contribution in [2.24, 2.45) is 0 Å². The molecular formula is C16H19N3O2. The molecule has 0 radical (unpaired) electrons. The number of ether oxygens (including phenoxy) is 1. The molecule has 5 heteroatoms. The first-order valence-electron chi connectivity index (χ1n) is 6.93. The van der Waals surface area contributed by atoms with E-state index >= 15 is 0 Å². The molecule has 0 aliphatic rings. The summed E-state index contributed by atoms with van der Waals surface area (Å²) in [4.78, 5) is 12.0. The van der Waals surface area contributed by atoms with E-state index in [1.165, 1.54) is 0 Å². The van der Waals surface area contributed by atoms with Gasteiger partial charge in [-0.05, 0) is 31.5 Å². The van der Waals surface area contributed by atoms with Crippen LogP contribution in [-0.2, 0) is 0 Å². The topological polar surface area (TPSA) is 64.1 Å². The molecule has 21 heavy (non-hydrogen) atoms. The van der Waals surface area contributed by atoms with E-state index in [0.717, 1.165) is 17.7 Å². The summed E-state index contributed by atoms with van der Waals surface area (Å²) < 4.78 is 4.98. The predicted octanol–water partition coefficient (Wildman–Crippen LogP) is 2.68. The van der Waals surface area contributed by atoms with Gasteiger partial charge in [0.15, 0.2) is 0 Å². The second kappa shape index (κ2) is 6.83. The maximum atomic E-state index is 12.0. The maximum Gasteiger partial charge on any atom is 0.251 e. The molecule has 110 valence electrons. The van der Waals surface area contributed by atoms with Crippen molar-refractivity contribution in [1.29, 1.82) is 0 Å². The van der Waals surface area contributed by atoms with Crippen molar-refractivity contribution in [3.8, 4) is 17.1 Å². The molecule has 0 fully saturated rings. The van der Waals surface area contributed by atoms with Gasteiger partial charge in [-0.2, -0.15) is 0 Å². The molecular weight excluding hydrogens is 266 g/mol. The summed E-state index contributed by atoms with van der Waals surface area (Å²) in [6.07, 6.45) is 0.908. The third kappa shape index (κ3) is 3.78. The predicted molar refractivity (Wildman–Crippen MR) is 81.2 cm³/mol. The summed E-state index contributed by atoms with van der Waals surface area (Å²) in [6, 6.07) is 11.1. The van der Waals surface area contributed by atoms with Gasteiger partial charge in [-0.1, -0.05) is 19.1 Å². The summed E-state index contributed by atoms with van der Waals surface area (Å²) in [5.74, 6) is 0.417. The van der Waals surface area contributed by atoms with Crippen molar-refractivity contribution in [3.05, 3.63) is 42.0 Å². The van der Waals surface area contributed by atoms with Gasteiger partial charge in [0.2, 0.25) is 5.88 Å². The highest BCUT2D eigenvalue weighted by Gasteiger charge is 2.09. The average Bonchev–Trinajstić information content (AvgIpc) is 2.55. The molecule has 1 unspecified atom stereocenters. The molecule has 0 aliphatic carbocycles. The van der Waals surface area contributed by atoms with Crippen molar-refractivity contribution in [3.63, 3.8) is 0 Å². The Labute approximate surface area is 124 Å². The Morgan fingerprint density at radius 3 is 2.43 bits per heavy atom. The number of rotatable bonds is 5. The lowest BCUT2D eigenvalue weighted by Gasteiger charge is -2.11. The van der Waals surface area contributed by atoms with Gasteiger partial charge in [0, 0.05) is 23.2 Å². The van der Waals surface area contributed by atoms with E-state index in [1.807, 2.05) is 32.0 Å². The Balaban J connectivity index is 2.12. The molecule has 1 N–H and O–H groups in total. The number of amides is 1. The molecule has 0 aliphatic heterocycles. The van der Waals surface area contributed by atoms with E-state index in [9.17, 15) is 4.79 Å².